The predicted molar refractivity (Wildman–Crippen MR) is 94.2 cm³/mol. The summed E-state index contributed by atoms with van der Waals surface area (Å²) in [7, 11) is 0. The predicted octanol–water partition coefficient (Wildman–Crippen LogP) is 4.00. The van der Waals surface area contributed by atoms with Crippen LogP contribution in [0.2, 0.25) is 0 Å². The van der Waals surface area contributed by atoms with Gasteiger partial charge < -0.3 is 10.6 Å². The van der Waals surface area contributed by atoms with Crippen LogP contribution in [0.4, 0.5) is 5.69 Å². The molecule has 3 rings (SSSR count). The minimum Gasteiger partial charge on any atom is -0.360 e. The molecular weight excluding hydrogens is 292 g/mol. The molecule has 0 saturated heterocycles. The van der Waals surface area contributed by atoms with Gasteiger partial charge in [-0.15, -0.1) is 0 Å². The van der Waals surface area contributed by atoms with E-state index in [4.69, 9.17) is 12.2 Å². The molecule has 118 valence electrons. The molecule has 4 heteroatoms. The average Bonchev–Trinajstić information content (AvgIpc) is 3.10. The second-order valence-electron chi connectivity index (χ2n) is 6.86. The fraction of sp³-hybridized carbons (Fsp3) is 0.556. The maximum Gasteiger partial charge on any atom is 0.170 e. The van der Waals surface area contributed by atoms with E-state index >= 15 is 0 Å². The molecule has 4 unspecified atom stereocenters. The van der Waals surface area contributed by atoms with Crippen LogP contribution in [-0.4, -0.2) is 16.9 Å². The van der Waals surface area contributed by atoms with Crippen molar-refractivity contribution in [3.8, 4) is 0 Å². The number of fused-ring (bicyclic) bond motifs is 2. The summed E-state index contributed by atoms with van der Waals surface area (Å²) in [6.07, 6.45) is 5.58. The van der Waals surface area contributed by atoms with Gasteiger partial charge in [0.1, 0.15) is 0 Å². The van der Waals surface area contributed by atoms with Gasteiger partial charge in [-0.1, -0.05) is 18.6 Å². The molecule has 0 radical (unpaired) electrons. The number of hydrogen-bond donors (Lipinski definition) is 2. The SMILES string of the molecule is CC(=O)c1cccc(NC(=S)NC(C)C2CC3CCC2C3)c1. The van der Waals surface area contributed by atoms with E-state index in [0.29, 0.717) is 16.7 Å². The minimum atomic E-state index is 0.0675. The van der Waals surface area contributed by atoms with E-state index in [1.165, 1.54) is 25.7 Å². The Bertz CT molecular complexity index is 586. The normalized spacial score (nSPS) is 27.5. The number of nitrogens with one attached hydrogen (secondary N) is 2. The number of hydrogen-bond acceptors (Lipinski definition) is 2. The van der Waals surface area contributed by atoms with Gasteiger partial charge in [0.2, 0.25) is 0 Å². The zero-order valence-corrected chi connectivity index (χ0v) is 14.1. The minimum absolute atomic E-state index is 0.0675. The highest BCUT2D eigenvalue weighted by molar-refractivity contribution is 7.80. The van der Waals surface area contributed by atoms with Crippen molar-refractivity contribution in [1.29, 1.82) is 0 Å². The molecule has 4 atom stereocenters. The smallest absolute Gasteiger partial charge is 0.170 e. The van der Waals surface area contributed by atoms with Crippen LogP contribution in [0, 0.1) is 17.8 Å². The van der Waals surface area contributed by atoms with Crippen molar-refractivity contribution in [3.63, 3.8) is 0 Å². The molecule has 2 aliphatic rings. The van der Waals surface area contributed by atoms with Gasteiger partial charge in [-0.25, -0.2) is 0 Å². The molecule has 0 amide bonds. The lowest BCUT2D eigenvalue weighted by Gasteiger charge is -2.29. The first-order valence-corrected chi connectivity index (χ1v) is 8.62. The number of thiocarbonyl (C=S) groups is 1. The number of anilines is 1. The Morgan fingerprint density at radius 2 is 2.14 bits per heavy atom. The molecule has 22 heavy (non-hydrogen) atoms. The highest BCUT2D eigenvalue weighted by atomic mass is 32.1. The molecule has 3 nitrogen and oxygen atoms in total. The lowest BCUT2D eigenvalue weighted by molar-refractivity contribution is 0.101. The van der Waals surface area contributed by atoms with Gasteiger partial charge in [0.25, 0.3) is 0 Å². The van der Waals surface area contributed by atoms with Crippen LogP contribution in [-0.2, 0) is 0 Å². The van der Waals surface area contributed by atoms with E-state index in [-0.39, 0.29) is 5.78 Å². The van der Waals surface area contributed by atoms with Gasteiger partial charge in [0.15, 0.2) is 10.9 Å². The van der Waals surface area contributed by atoms with Crippen molar-refractivity contribution in [2.75, 3.05) is 5.32 Å². The Balaban J connectivity index is 1.56. The van der Waals surface area contributed by atoms with Crippen molar-refractivity contribution in [1.82, 2.24) is 5.32 Å². The number of Topliss-reactive ketones (excluding diaryl/α,β-unsaturated/α-hetero) is 1. The fourth-order valence-corrected chi connectivity index (χ4v) is 4.51. The van der Waals surface area contributed by atoms with Gasteiger partial charge in [-0.3, -0.25) is 4.79 Å². The van der Waals surface area contributed by atoms with Crippen LogP contribution in [0.25, 0.3) is 0 Å². The van der Waals surface area contributed by atoms with E-state index in [2.05, 4.69) is 17.6 Å². The topological polar surface area (TPSA) is 41.1 Å². The van der Waals surface area contributed by atoms with Gasteiger partial charge in [-0.2, -0.15) is 0 Å². The molecule has 0 aliphatic heterocycles. The Morgan fingerprint density at radius 3 is 2.77 bits per heavy atom. The standard InChI is InChI=1S/C18H24N2OS/c1-11(17-9-13-6-7-15(17)8-13)19-18(22)20-16-5-3-4-14(10-16)12(2)21/h3-5,10-11,13,15,17H,6-9H2,1-2H3,(H2,19,20,22). The monoisotopic (exact) mass is 316 g/mol. The Labute approximate surface area is 137 Å². The summed E-state index contributed by atoms with van der Waals surface area (Å²) in [5.41, 5.74) is 1.57. The van der Waals surface area contributed by atoms with Gasteiger partial charge in [-0.05, 0) is 75.2 Å². The summed E-state index contributed by atoms with van der Waals surface area (Å²) in [5.74, 6) is 2.66. The molecule has 0 spiro atoms. The first-order chi connectivity index (χ1) is 10.5. The van der Waals surface area contributed by atoms with Crippen LogP contribution in [0.5, 0.6) is 0 Å². The molecule has 2 N–H and O–H groups in total. The molecule has 0 heterocycles. The lowest BCUT2D eigenvalue weighted by atomic mass is 9.84. The van der Waals surface area contributed by atoms with Crippen LogP contribution in [0.3, 0.4) is 0 Å². The van der Waals surface area contributed by atoms with Crippen molar-refractivity contribution >= 4 is 28.8 Å². The molecule has 0 aromatic heterocycles. The Hall–Kier alpha value is -1.42. The van der Waals surface area contributed by atoms with Crippen LogP contribution < -0.4 is 10.6 Å². The van der Waals surface area contributed by atoms with E-state index in [1.807, 2.05) is 24.3 Å². The highest BCUT2D eigenvalue weighted by Gasteiger charge is 2.41. The Kier molecular flexibility index (Phi) is 4.48. The summed E-state index contributed by atoms with van der Waals surface area (Å²) in [6.45, 7) is 3.82. The number of ketones is 1. The number of carbonyl (C=O) groups is 1. The van der Waals surface area contributed by atoms with Crippen LogP contribution in [0.15, 0.2) is 24.3 Å². The van der Waals surface area contributed by atoms with Crippen molar-refractivity contribution in [3.05, 3.63) is 29.8 Å². The van der Waals surface area contributed by atoms with Crippen molar-refractivity contribution in [2.24, 2.45) is 17.8 Å². The first-order valence-electron chi connectivity index (χ1n) is 8.21. The molecule has 2 bridgehead atoms. The van der Waals surface area contributed by atoms with Crippen LogP contribution in [0.1, 0.15) is 49.9 Å². The largest absolute Gasteiger partial charge is 0.360 e. The number of benzene rings is 1. The third-order valence-corrected chi connectivity index (χ3v) is 5.54. The summed E-state index contributed by atoms with van der Waals surface area (Å²) >= 11 is 5.44. The summed E-state index contributed by atoms with van der Waals surface area (Å²) in [6, 6.07) is 7.88. The molecule has 2 fully saturated rings. The van der Waals surface area contributed by atoms with Crippen molar-refractivity contribution in [2.45, 2.75) is 45.6 Å². The van der Waals surface area contributed by atoms with Crippen LogP contribution >= 0.6 is 12.2 Å². The van der Waals surface area contributed by atoms with Gasteiger partial charge >= 0.3 is 0 Å². The second-order valence-corrected chi connectivity index (χ2v) is 7.27. The second kappa shape index (κ2) is 6.37. The van der Waals surface area contributed by atoms with Gasteiger partial charge in [0.05, 0.1) is 0 Å². The molecule has 1 aromatic rings. The van der Waals surface area contributed by atoms with E-state index in [0.717, 1.165) is 23.4 Å². The zero-order valence-electron chi connectivity index (χ0n) is 13.3. The van der Waals surface area contributed by atoms with E-state index in [9.17, 15) is 4.79 Å². The maximum absolute atomic E-state index is 11.4. The zero-order chi connectivity index (χ0) is 15.7. The lowest BCUT2D eigenvalue weighted by Crippen LogP contribution is -2.42. The third-order valence-electron chi connectivity index (χ3n) is 5.32. The average molecular weight is 316 g/mol. The molecular formula is C18H24N2OS. The molecule has 1 aromatic carbocycles. The number of carbonyl (C=O) groups excluding carboxylic acids is 1. The fourth-order valence-electron chi connectivity index (χ4n) is 4.20. The summed E-state index contributed by atoms with van der Waals surface area (Å²) < 4.78 is 0. The molecule has 2 saturated carbocycles. The quantitative estimate of drug-likeness (QED) is 0.651. The highest BCUT2D eigenvalue weighted by Crippen LogP contribution is 2.49. The summed E-state index contributed by atoms with van der Waals surface area (Å²) in [5, 5.41) is 7.29. The van der Waals surface area contributed by atoms with E-state index in [1.54, 1.807) is 6.92 Å². The third kappa shape index (κ3) is 3.32. The molecule has 2 aliphatic carbocycles. The Morgan fingerprint density at radius 1 is 1.32 bits per heavy atom. The maximum atomic E-state index is 11.4. The summed E-state index contributed by atoms with van der Waals surface area (Å²) in [4.78, 5) is 11.4. The van der Waals surface area contributed by atoms with Crippen molar-refractivity contribution < 1.29 is 4.79 Å². The van der Waals surface area contributed by atoms with Gasteiger partial charge in [0, 0.05) is 17.3 Å². The first kappa shape index (κ1) is 15.5. The van der Waals surface area contributed by atoms with E-state index < -0.39 is 0 Å². The number of rotatable bonds is 4.